The first-order valence-electron chi connectivity index (χ1n) is 12.3. The van der Waals surface area contributed by atoms with Crippen molar-refractivity contribution in [2.24, 2.45) is 23.2 Å². The summed E-state index contributed by atoms with van der Waals surface area (Å²) < 4.78 is 6.59. The second-order valence-corrected chi connectivity index (χ2v) is 12.4. The van der Waals surface area contributed by atoms with Gasteiger partial charge in [-0.3, -0.25) is 0 Å². The second-order valence-electron chi connectivity index (χ2n) is 12.4. The Labute approximate surface area is 185 Å². The molecule has 5 saturated carbocycles. The Kier molecular flexibility index (Phi) is 4.12. The maximum atomic E-state index is 11.3. The molecule has 4 bridgehead atoms. The number of aliphatic hydroxyl groups excluding tert-OH is 1. The average molecular weight is 422 g/mol. The molecule has 2 unspecified atom stereocenters. The van der Waals surface area contributed by atoms with Crippen molar-refractivity contribution in [1.29, 1.82) is 5.26 Å². The first kappa shape index (κ1) is 19.9. The summed E-state index contributed by atoms with van der Waals surface area (Å²) in [5.74, 6) is 3.08. The number of nitrogens with zero attached hydrogens (tertiary/aromatic N) is 1. The molecule has 4 nitrogen and oxygen atoms in total. The Bertz CT molecular complexity index is 946. The summed E-state index contributed by atoms with van der Waals surface area (Å²) in [6.45, 7) is 4.34. The Morgan fingerprint density at radius 3 is 2.55 bits per heavy atom. The van der Waals surface area contributed by atoms with Crippen LogP contribution in [0.5, 0.6) is 11.5 Å². The van der Waals surface area contributed by atoms with Gasteiger partial charge in [0.2, 0.25) is 0 Å². The molecule has 1 aliphatic heterocycles. The van der Waals surface area contributed by atoms with Crippen LogP contribution in [-0.2, 0) is 5.41 Å². The fraction of sp³-hybridized carbons (Fsp3) is 0.741. The van der Waals surface area contributed by atoms with Crippen LogP contribution >= 0.6 is 0 Å². The highest BCUT2D eigenvalue weighted by molar-refractivity contribution is 5.54. The van der Waals surface area contributed by atoms with Crippen molar-refractivity contribution in [2.75, 3.05) is 0 Å². The third-order valence-corrected chi connectivity index (χ3v) is 9.83. The molecular formula is C27H35NO3. The predicted octanol–water partition coefficient (Wildman–Crippen LogP) is 5.56. The van der Waals surface area contributed by atoms with Gasteiger partial charge in [-0.1, -0.05) is 0 Å². The molecule has 0 saturated heterocycles. The molecule has 0 aromatic heterocycles. The lowest BCUT2D eigenvalue weighted by atomic mass is 9.42. The van der Waals surface area contributed by atoms with Gasteiger partial charge in [-0.25, -0.2) is 0 Å². The number of phenolic OH excluding ortho intramolecular Hbond substituents is 1. The summed E-state index contributed by atoms with van der Waals surface area (Å²) in [5, 5.41) is 31.2. The molecule has 1 aromatic rings. The number of aliphatic hydroxyl groups is 1. The summed E-state index contributed by atoms with van der Waals surface area (Å²) in [4.78, 5) is 0. The first-order chi connectivity index (χ1) is 14.7. The summed E-state index contributed by atoms with van der Waals surface area (Å²) in [6, 6.07) is 6.77. The van der Waals surface area contributed by atoms with Crippen LogP contribution in [0, 0.1) is 34.5 Å². The Balaban J connectivity index is 1.43. The van der Waals surface area contributed by atoms with Gasteiger partial charge >= 0.3 is 0 Å². The van der Waals surface area contributed by atoms with Crippen LogP contribution in [0.15, 0.2) is 12.1 Å². The van der Waals surface area contributed by atoms with Gasteiger partial charge in [-0.2, -0.15) is 5.26 Å². The molecule has 5 aliphatic carbocycles. The van der Waals surface area contributed by atoms with Crippen LogP contribution in [0.1, 0.15) is 95.1 Å². The topological polar surface area (TPSA) is 73.5 Å². The molecule has 166 valence electrons. The zero-order valence-electron chi connectivity index (χ0n) is 18.9. The molecule has 5 fully saturated rings. The van der Waals surface area contributed by atoms with Crippen LogP contribution in [0.2, 0.25) is 0 Å². The Morgan fingerprint density at radius 1 is 1.10 bits per heavy atom. The van der Waals surface area contributed by atoms with Crippen LogP contribution in [0.3, 0.4) is 0 Å². The van der Waals surface area contributed by atoms with Crippen molar-refractivity contribution >= 4 is 0 Å². The van der Waals surface area contributed by atoms with Gasteiger partial charge in [-0.15, -0.1) is 0 Å². The molecule has 1 aromatic carbocycles. The number of benzene rings is 1. The highest BCUT2D eigenvalue weighted by atomic mass is 16.5. The molecule has 0 spiro atoms. The van der Waals surface area contributed by atoms with Crippen molar-refractivity contribution < 1.29 is 14.9 Å². The van der Waals surface area contributed by atoms with E-state index >= 15 is 0 Å². The van der Waals surface area contributed by atoms with E-state index in [2.05, 4.69) is 26.0 Å². The monoisotopic (exact) mass is 421 g/mol. The number of hydrogen-bond acceptors (Lipinski definition) is 4. The van der Waals surface area contributed by atoms with Gasteiger partial charge in [-0.05, 0) is 112 Å². The summed E-state index contributed by atoms with van der Waals surface area (Å²) >= 11 is 0. The number of hydrogen-bond donors (Lipinski definition) is 2. The number of aromatic hydroxyl groups is 1. The largest absolute Gasteiger partial charge is 0.508 e. The third-order valence-electron chi connectivity index (χ3n) is 9.83. The molecule has 2 N–H and O–H groups in total. The van der Waals surface area contributed by atoms with Crippen LogP contribution in [0.4, 0.5) is 0 Å². The summed E-state index contributed by atoms with van der Waals surface area (Å²) in [5.41, 5.74) is 2.09. The fourth-order valence-corrected chi connectivity index (χ4v) is 9.20. The van der Waals surface area contributed by atoms with Gasteiger partial charge in [0.15, 0.2) is 0 Å². The quantitative estimate of drug-likeness (QED) is 0.656. The molecule has 1 heterocycles. The molecule has 7 rings (SSSR count). The van der Waals surface area contributed by atoms with Gasteiger partial charge in [0.25, 0.3) is 0 Å². The fourth-order valence-electron chi connectivity index (χ4n) is 9.20. The van der Waals surface area contributed by atoms with Gasteiger partial charge in [0.05, 0.1) is 12.2 Å². The van der Waals surface area contributed by atoms with Gasteiger partial charge in [0, 0.05) is 23.8 Å². The third kappa shape index (κ3) is 2.88. The molecule has 5 atom stereocenters. The molecule has 31 heavy (non-hydrogen) atoms. The molecule has 0 radical (unpaired) electrons. The zero-order chi connectivity index (χ0) is 21.6. The maximum absolute atomic E-state index is 11.3. The van der Waals surface area contributed by atoms with E-state index in [1.807, 2.05) is 6.07 Å². The van der Waals surface area contributed by atoms with Crippen molar-refractivity contribution in [3.05, 3.63) is 23.3 Å². The first-order valence-corrected chi connectivity index (χ1v) is 12.3. The molecule has 0 amide bonds. The van der Waals surface area contributed by atoms with Crippen molar-refractivity contribution in [3.63, 3.8) is 0 Å². The number of rotatable bonds is 2. The molecule has 6 aliphatic rings. The molecular weight excluding hydrogens is 386 g/mol. The zero-order valence-corrected chi connectivity index (χ0v) is 18.9. The minimum absolute atomic E-state index is 0.0733. The van der Waals surface area contributed by atoms with Gasteiger partial charge in [0.1, 0.15) is 17.1 Å². The number of phenols is 1. The van der Waals surface area contributed by atoms with E-state index in [0.717, 1.165) is 30.6 Å². The minimum atomic E-state index is -0.299. The van der Waals surface area contributed by atoms with E-state index in [1.54, 1.807) is 0 Å². The number of ether oxygens (including phenoxy) is 1. The normalized spacial score (nSPS) is 44.1. The van der Waals surface area contributed by atoms with E-state index in [4.69, 9.17) is 4.74 Å². The maximum Gasteiger partial charge on any atom is 0.127 e. The Hall–Kier alpha value is -1.73. The van der Waals surface area contributed by atoms with Gasteiger partial charge < -0.3 is 14.9 Å². The number of fused-ring (bicyclic) bond motifs is 3. The van der Waals surface area contributed by atoms with Crippen LogP contribution in [0.25, 0.3) is 0 Å². The standard InChI is InChI=1S/C27H35NO3/c1-25(2)21-4-3-19(29)10-20(21)24-22(30)8-18(9-23(24)31-25)27-13-16-7-17(14-27)12-26(11-16,15-27)5-6-28/h8-9,16-17,19-21,29-30H,3-5,7,10-15H2,1-2H3/t16?,17?,19-,20-,21-,26?,27?/m1/s1. The van der Waals surface area contributed by atoms with E-state index in [1.165, 1.54) is 37.7 Å². The van der Waals surface area contributed by atoms with Crippen molar-refractivity contribution in [1.82, 2.24) is 0 Å². The smallest absolute Gasteiger partial charge is 0.127 e. The Morgan fingerprint density at radius 2 is 1.84 bits per heavy atom. The van der Waals surface area contributed by atoms with Crippen molar-refractivity contribution in [2.45, 2.75) is 101 Å². The highest BCUT2D eigenvalue weighted by Crippen LogP contribution is 2.67. The summed E-state index contributed by atoms with van der Waals surface area (Å²) in [6.07, 6.45) is 10.0. The van der Waals surface area contributed by atoms with Crippen LogP contribution < -0.4 is 4.74 Å². The second kappa shape index (κ2) is 6.41. The lowest BCUT2D eigenvalue weighted by Crippen LogP contribution is -2.54. The lowest BCUT2D eigenvalue weighted by Gasteiger charge is -2.62. The minimum Gasteiger partial charge on any atom is -0.508 e. The molecule has 4 heteroatoms. The summed E-state index contributed by atoms with van der Waals surface area (Å²) in [7, 11) is 0. The number of nitriles is 1. The SMILES string of the molecule is CC1(C)Oc2cc(C34CC5CC(CC(CC#N)(C5)C3)C4)cc(O)c2[C@@H]2C[C@H](O)CC[C@H]21. The average Bonchev–Trinajstić information content (AvgIpc) is 2.65. The van der Waals surface area contributed by atoms with Crippen LogP contribution in [-0.4, -0.2) is 21.9 Å². The lowest BCUT2D eigenvalue weighted by molar-refractivity contribution is -0.0700. The van der Waals surface area contributed by atoms with E-state index < -0.39 is 0 Å². The highest BCUT2D eigenvalue weighted by Gasteiger charge is 2.58. The van der Waals surface area contributed by atoms with E-state index in [-0.39, 0.29) is 28.5 Å². The van der Waals surface area contributed by atoms with Crippen molar-refractivity contribution in [3.8, 4) is 17.6 Å². The van der Waals surface area contributed by atoms with E-state index in [9.17, 15) is 15.5 Å². The predicted molar refractivity (Wildman–Crippen MR) is 118 cm³/mol. The van der Waals surface area contributed by atoms with E-state index in [0.29, 0.717) is 36.3 Å².